The van der Waals surface area contributed by atoms with Crippen LogP contribution in [0.2, 0.25) is 0 Å². The van der Waals surface area contributed by atoms with E-state index in [1.807, 2.05) is 0 Å². The maximum Gasteiger partial charge on any atom is 0.317 e. The van der Waals surface area contributed by atoms with E-state index in [0.717, 1.165) is 0 Å². The summed E-state index contributed by atoms with van der Waals surface area (Å²) in [5.74, 6) is -3.17. The second-order valence-corrected chi connectivity index (χ2v) is 1.13. The van der Waals surface area contributed by atoms with Crippen LogP contribution in [0.5, 0.6) is 0 Å². The predicted octanol–water partition coefficient (Wildman–Crippen LogP) is -2.49. The molecule has 8 heavy (non-hydrogen) atoms. The largest absolute Gasteiger partial charge is 0.371 e. The van der Waals surface area contributed by atoms with Crippen molar-refractivity contribution < 1.29 is 20.4 Å². The van der Waals surface area contributed by atoms with Gasteiger partial charge >= 0.3 is 5.97 Å². The first-order valence-corrected chi connectivity index (χ1v) is 1.55. The van der Waals surface area contributed by atoms with Gasteiger partial charge < -0.3 is 20.4 Å². The molecule has 0 aromatic carbocycles. The molecule has 1 unspecified atom stereocenters. The molecule has 0 aromatic rings. The van der Waals surface area contributed by atoms with Crippen LogP contribution in [0.25, 0.3) is 0 Å². The van der Waals surface area contributed by atoms with E-state index in [-0.39, 0.29) is 24.0 Å². The van der Waals surface area contributed by atoms with Crippen LogP contribution < -0.4 is 5.73 Å². The van der Waals surface area contributed by atoms with Crippen LogP contribution in [0.1, 0.15) is 0 Å². The normalized spacial score (nSPS) is 14.6. The van der Waals surface area contributed by atoms with Gasteiger partial charge in [0.05, 0.1) is 0 Å². The molecule has 0 saturated heterocycles. The fourth-order valence-corrected chi connectivity index (χ4v) is 0. The number of nitrogens with two attached hydrogens (primary N) is 1. The molecule has 0 fully saturated rings. The third-order valence-electron chi connectivity index (χ3n) is 0.397. The molecule has 1 atom stereocenters. The van der Waals surface area contributed by atoms with Crippen LogP contribution in [0.3, 0.4) is 0 Å². The van der Waals surface area contributed by atoms with Gasteiger partial charge in [0.2, 0.25) is 0 Å². The molecule has 0 saturated carbocycles. The molecular formula is C2H8INO4. The van der Waals surface area contributed by atoms with Crippen LogP contribution in [0, 0.1) is 0 Å². The molecule has 0 radical (unpaired) electrons. The average Bonchev–Trinajstić information content (AvgIpc) is 1.31. The summed E-state index contributed by atoms with van der Waals surface area (Å²) in [5.41, 5.74) is 4.38. The molecule has 0 spiro atoms. The molecule has 0 aliphatic carbocycles. The quantitative estimate of drug-likeness (QED) is 0.256. The van der Waals surface area contributed by atoms with Crippen LogP contribution in [0.4, 0.5) is 0 Å². The minimum atomic E-state index is -3.17. The second-order valence-electron chi connectivity index (χ2n) is 1.13. The van der Waals surface area contributed by atoms with Crippen molar-refractivity contribution in [1.29, 1.82) is 0 Å². The summed E-state index contributed by atoms with van der Waals surface area (Å²) < 4.78 is 0. The van der Waals surface area contributed by atoms with Crippen LogP contribution in [-0.4, -0.2) is 32.6 Å². The number of hydrogen-bond acceptors (Lipinski definition) is 5. The maximum absolute atomic E-state index is 7.92. The number of halogens is 1. The first-order chi connectivity index (χ1) is 2.94. The molecule has 0 aliphatic rings. The van der Waals surface area contributed by atoms with Gasteiger partial charge in [-0.1, -0.05) is 0 Å². The minimum Gasteiger partial charge on any atom is -0.371 e. The first-order valence-electron chi connectivity index (χ1n) is 1.55. The maximum atomic E-state index is 7.92. The molecule has 6 N–H and O–H groups in total. The monoisotopic (exact) mass is 237 g/mol. The van der Waals surface area contributed by atoms with E-state index in [9.17, 15) is 0 Å². The molecule has 0 heterocycles. The summed E-state index contributed by atoms with van der Waals surface area (Å²) in [6.45, 7) is 0. The summed E-state index contributed by atoms with van der Waals surface area (Å²) in [6.07, 6.45) is -2.03. The van der Waals surface area contributed by atoms with E-state index in [2.05, 4.69) is 5.73 Å². The molecule has 0 aromatic heterocycles. The van der Waals surface area contributed by atoms with Gasteiger partial charge in [-0.2, -0.15) is 0 Å². The molecule has 0 rings (SSSR count). The third-order valence-corrected chi connectivity index (χ3v) is 0.397. The summed E-state index contributed by atoms with van der Waals surface area (Å²) in [7, 11) is 0. The first kappa shape index (κ1) is 11.3. The van der Waals surface area contributed by atoms with Gasteiger partial charge in [0.1, 0.15) is 0 Å². The van der Waals surface area contributed by atoms with Gasteiger partial charge in [-0.25, -0.2) is 0 Å². The SMILES string of the molecule is I.NC(O)C(O)(O)O. The van der Waals surface area contributed by atoms with Crippen molar-refractivity contribution in [3.05, 3.63) is 0 Å². The Morgan fingerprint density at radius 1 is 1.25 bits per heavy atom. The highest BCUT2D eigenvalue weighted by atomic mass is 127. The van der Waals surface area contributed by atoms with E-state index < -0.39 is 12.2 Å². The Morgan fingerprint density at radius 2 is 1.38 bits per heavy atom. The zero-order valence-corrected chi connectivity index (χ0v) is 6.18. The molecule has 0 amide bonds. The van der Waals surface area contributed by atoms with E-state index in [4.69, 9.17) is 20.4 Å². The van der Waals surface area contributed by atoms with Crippen LogP contribution in [0.15, 0.2) is 0 Å². The zero-order chi connectivity index (χ0) is 6.08. The van der Waals surface area contributed by atoms with Gasteiger partial charge in [-0.3, -0.25) is 5.73 Å². The Morgan fingerprint density at radius 3 is 1.38 bits per heavy atom. The lowest BCUT2D eigenvalue weighted by Crippen LogP contribution is -2.47. The van der Waals surface area contributed by atoms with Gasteiger partial charge in [0.25, 0.3) is 0 Å². The Kier molecular flexibility index (Phi) is 5.01. The summed E-state index contributed by atoms with van der Waals surface area (Å²) in [6, 6.07) is 0. The third kappa shape index (κ3) is 4.68. The van der Waals surface area contributed by atoms with Gasteiger partial charge in [0, 0.05) is 0 Å². The number of aliphatic hydroxyl groups excluding tert-OH is 1. The lowest BCUT2D eigenvalue weighted by Gasteiger charge is -2.15. The number of rotatable bonds is 1. The molecule has 0 aliphatic heterocycles. The Labute approximate surface area is 62.8 Å². The van der Waals surface area contributed by atoms with Crippen molar-refractivity contribution in [3.63, 3.8) is 0 Å². The van der Waals surface area contributed by atoms with Crippen molar-refractivity contribution >= 4 is 24.0 Å². The van der Waals surface area contributed by atoms with Gasteiger partial charge in [-0.05, 0) is 0 Å². The Hall–Kier alpha value is 0.530. The Balaban J connectivity index is 0. The molecule has 52 valence electrons. The van der Waals surface area contributed by atoms with Crippen molar-refractivity contribution in [1.82, 2.24) is 0 Å². The number of hydrogen-bond donors (Lipinski definition) is 5. The molecule has 0 bridgehead atoms. The fraction of sp³-hybridized carbons (Fsp3) is 1.00. The van der Waals surface area contributed by atoms with E-state index >= 15 is 0 Å². The second kappa shape index (κ2) is 3.54. The highest BCUT2D eigenvalue weighted by molar-refractivity contribution is 14.0. The summed E-state index contributed by atoms with van der Waals surface area (Å²) >= 11 is 0. The minimum absolute atomic E-state index is 0. The zero-order valence-electron chi connectivity index (χ0n) is 3.85. The van der Waals surface area contributed by atoms with Gasteiger partial charge in [-0.15, -0.1) is 24.0 Å². The van der Waals surface area contributed by atoms with E-state index in [1.165, 1.54) is 0 Å². The topological polar surface area (TPSA) is 107 Å². The molecular weight excluding hydrogens is 229 g/mol. The van der Waals surface area contributed by atoms with Crippen molar-refractivity contribution in [3.8, 4) is 0 Å². The molecule has 6 heteroatoms. The van der Waals surface area contributed by atoms with E-state index in [1.54, 1.807) is 0 Å². The highest BCUT2D eigenvalue weighted by Crippen LogP contribution is 1.92. The standard InChI is InChI=1S/C2H7NO4.HI/c3-1(4)2(5,6)7;/h1,4-7H,3H2;1H. The van der Waals surface area contributed by atoms with Crippen LogP contribution in [-0.2, 0) is 0 Å². The predicted molar refractivity (Wildman–Crippen MR) is 35.0 cm³/mol. The fourth-order valence-electron chi connectivity index (χ4n) is 0. The smallest absolute Gasteiger partial charge is 0.317 e. The average molecular weight is 237 g/mol. The Bertz CT molecular complexity index is 59.5. The summed E-state index contributed by atoms with van der Waals surface area (Å²) in [4.78, 5) is 0. The number of aliphatic hydroxyl groups is 4. The van der Waals surface area contributed by atoms with Crippen molar-refractivity contribution in [2.75, 3.05) is 0 Å². The van der Waals surface area contributed by atoms with E-state index in [0.29, 0.717) is 0 Å². The molecule has 5 nitrogen and oxygen atoms in total. The lowest BCUT2D eigenvalue weighted by atomic mass is 10.5. The van der Waals surface area contributed by atoms with Crippen molar-refractivity contribution in [2.45, 2.75) is 12.2 Å². The van der Waals surface area contributed by atoms with Gasteiger partial charge in [0.15, 0.2) is 6.23 Å². The highest BCUT2D eigenvalue weighted by Gasteiger charge is 2.25. The lowest BCUT2D eigenvalue weighted by molar-refractivity contribution is -0.353. The summed E-state index contributed by atoms with van der Waals surface area (Å²) in [5, 5.41) is 31.4. The van der Waals surface area contributed by atoms with Crippen LogP contribution >= 0.6 is 24.0 Å². The van der Waals surface area contributed by atoms with Crippen molar-refractivity contribution in [2.24, 2.45) is 5.73 Å².